The highest BCUT2D eigenvalue weighted by atomic mass is 79.9. The molecule has 126 valence electrons. The van der Waals surface area contributed by atoms with Gasteiger partial charge in [-0.15, -0.1) is 0 Å². The third-order valence-corrected chi connectivity index (χ3v) is 4.67. The van der Waals surface area contributed by atoms with Crippen LogP contribution >= 0.6 is 15.9 Å². The maximum absolute atomic E-state index is 12.6. The lowest BCUT2D eigenvalue weighted by Gasteiger charge is -2.12. The van der Waals surface area contributed by atoms with Crippen LogP contribution in [0.3, 0.4) is 0 Å². The molecule has 0 aliphatic heterocycles. The number of hydrogen-bond acceptors (Lipinski definition) is 2. The van der Waals surface area contributed by atoms with Crippen LogP contribution in [0.4, 0.5) is 5.69 Å². The molecule has 0 unspecified atom stereocenters. The fourth-order valence-corrected chi connectivity index (χ4v) is 2.68. The van der Waals surface area contributed by atoms with Crippen molar-refractivity contribution in [3.63, 3.8) is 0 Å². The van der Waals surface area contributed by atoms with Gasteiger partial charge in [0.25, 0.3) is 5.91 Å². The van der Waals surface area contributed by atoms with E-state index < -0.39 is 0 Å². The first-order chi connectivity index (χ1) is 12.1. The summed E-state index contributed by atoms with van der Waals surface area (Å²) in [6.45, 7) is 2.40. The average molecular weight is 396 g/mol. The Hall–Kier alpha value is -2.59. The van der Waals surface area contributed by atoms with Crippen LogP contribution in [0.15, 0.2) is 77.3 Å². The molecule has 0 atom stereocenters. The number of rotatable bonds is 5. The molecule has 3 nitrogen and oxygen atoms in total. The number of hydrogen-bond donors (Lipinski definition) is 1. The van der Waals surface area contributed by atoms with Gasteiger partial charge >= 0.3 is 0 Å². The molecule has 3 aromatic carbocycles. The lowest BCUT2D eigenvalue weighted by Crippen LogP contribution is -2.13. The molecular formula is C21H18BrNO2. The second-order valence-electron chi connectivity index (χ2n) is 5.69. The maximum atomic E-state index is 12.6. The zero-order chi connectivity index (χ0) is 17.6. The van der Waals surface area contributed by atoms with E-state index in [1.54, 1.807) is 6.07 Å². The number of aryl methyl sites for hydroxylation is 1. The van der Waals surface area contributed by atoms with Crippen LogP contribution in [0.25, 0.3) is 0 Å². The second-order valence-corrected chi connectivity index (χ2v) is 6.54. The van der Waals surface area contributed by atoms with E-state index in [1.807, 2.05) is 73.7 Å². The van der Waals surface area contributed by atoms with E-state index in [0.29, 0.717) is 17.9 Å². The van der Waals surface area contributed by atoms with Gasteiger partial charge in [0.05, 0.1) is 5.56 Å². The minimum atomic E-state index is -0.189. The molecule has 0 aliphatic carbocycles. The normalized spacial score (nSPS) is 10.3. The fourth-order valence-electron chi connectivity index (χ4n) is 2.44. The first kappa shape index (κ1) is 17.2. The minimum Gasteiger partial charge on any atom is -0.488 e. The number of benzene rings is 3. The standard InChI is InChI=1S/C21H18BrNO2/c1-15-13-17(11-12-19(15)22)23-21(24)18-9-5-6-10-20(18)25-14-16-7-3-2-4-8-16/h2-13H,14H2,1H3,(H,23,24). The highest BCUT2D eigenvalue weighted by Crippen LogP contribution is 2.23. The largest absolute Gasteiger partial charge is 0.488 e. The molecule has 3 aromatic rings. The van der Waals surface area contributed by atoms with Crippen molar-refractivity contribution in [2.75, 3.05) is 5.32 Å². The summed E-state index contributed by atoms with van der Waals surface area (Å²) >= 11 is 3.46. The van der Waals surface area contributed by atoms with Gasteiger partial charge in [-0.1, -0.05) is 58.4 Å². The van der Waals surface area contributed by atoms with Crippen molar-refractivity contribution in [3.05, 3.63) is 94.0 Å². The fraction of sp³-hybridized carbons (Fsp3) is 0.0952. The van der Waals surface area contributed by atoms with Crippen LogP contribution in [0.5, 0.6) is 5.75 Å². The van der Waals surface area contributed by atoms with Gasteiger partial charge in [0, 0.05) is 10.2 Å². The van der Waals surface area contributed by atoms with E-state index in [1.165, 1.54) is 0 Å². The molecule has 0 aromatic heterocycles. The van der Waals surface area contributed by atoms with Crippen molar-refractivity contribution in [1.82, 2.24) is 0 Å². The van der Waals surface area contributed by atoms with E-state index in [9.17, 15) is 4.79 Å². The van der Waals surface area contributed by atoms with Gasteiger partial charge in [0.15, 0.2) is 0 Å². The number of nitrogens with one attached hydrogen (secondary N) is 1. The van der Waals surface area contributed by atoms with Crippen LogP contribution in [0.1, 0.15) is 21.5 Å². The molecule has 0 fully saturated rings. The van der Waals surface area contributed by atoms with E-state index in [4.69, 9.17) is 4.74 Å². The highest BCUT2D eigenvalue weighted by molar-refractivity contribution is 9.10. The Balaban J connectivity index is 1.75. The average Bonchev–Trinajstić information content (AvgIpc) is 2.64. The zero-order valence-corrected chi connectivity index (χ0v) is 15.4. The molecule has 0 radical (unpaired) electrons. The summed E-state index contributed by atoms with van der Waals surface area (Å²) < 4.78 is 6.87. The SMILES string of the molecule is Cc1cc(NC(=O)c2ccccc2OCc2ccccc2)ccc1Br. The quantitative estimate of drug-likeness (QED) is 0.611. The summed E-state index contributed by atoms with van der Waals surface area (Å²) in [4.78, 5) is 12.6. The molecular weight excluding hydrogens is 378 g/mol. The zero-order valence-electron chi connectivity index (χ0n) is 13.8. The third kappa shape index (κ3) is 4.48. The molecule has 0 saturated heterocycles. The maximum Gasteiger partial charge on any atom is 0.259 e. The van der Waals surface area contributed by atoms with Gasteiger partial charge in [0.2, 0.25) is 0 Å². The van der Waals surface area contributed by atoms with Crippen LogP contribution in [-0.4, -0.2) is 5.91 Å². The lowest BCUT2D eigenvalue weighted by molar-refractivity contribution is 0.102. The smallest absolute Gasteiger partial charge is 0.259 e. The van der Waals surface area contributed by atoms with Crippen molar-refractivity contribution in [3.8, 4) is 5.75 Å². The van der Waals surface area contributed by atoms with Crippen molar-refractivity contribution in [1.29, 1.82) is 0 Å². The van der Waals surface area contributed by atoms with E-state index in [-0.39, 0.29) is 5.91 Å². The van der Waals surface area contributed by atoms with Crippen molar-refractivity contribution < 1.29 is 9.53 Å². The number of anilines is 1. The minimum absolute atomic E-state index is 0.189. The predicted octanol–water partition coefficient (Wildman–Crippen LogP) is 5.59. The molecule has 0 spiro atoms. The number of carbonyl (C=O) groups is 1. The van der Waals surface area contributed by atoms with Crippen molar-refractivity contribution in [2.24, 2.45) is 0 Å². The van der Waals surface area contributed by atoms with E-state index >= 15 is 0 Å². The second kappa shape index (κ2) is 7.99. The van der Waals surface area contributed by atoms with Crippen LogP contribution in [0, 0.1) is 6.92 Å². The highest BCUT2D eigenvalue weighted by Gasteiger charge is 2.13. The Labute approximate surface area is 155 Å². The number of carbonyl (C=O) groups excluding carboxylic acids is 1. The van der Waals surface area contributed by atoms with E-state index in [0.717, 1.165) is 21.3 Å². The van der Waals surface area contributed by atoms with Gasteiger partial charge in [-0.3, -0.25) is 4.79 Å². The summed E-state index contributed by atoms with van der Waals surface area (Å²) in [7, 11) is 0. The number of halogens is 1. The molecule has 0 aliphatic rings. The third-order valence-electron chi connectivity index (χ3n) is 3.78. The Morgan fingerprint density at radius 2 is 1.72 bits per heavy atom. The van der Waals surface area contributed by atoms with Gasteiger partial charge < -0.3 is 10.1 Å². The summed E-state index contributed by atoms with van der Waals surface area (Å²) in [6.07, 6.45) is 0. The summed E-state index contributed by atoms with van der Waals surface area (Å²) in [5.74, 6) is 0.378. The Morgan fingerprint density at radius 3 is 2.48 bits per heavy atom. The van der Waals surface area contributed by atoms with Gasteiger partial charge in [-0.2, -0.15) is 0 Å². The van der Waals surface area contributed by atoms with Gasteiger partial charge in [0.1, 0.15) is 12.4 Å². The molecule has 0 heterocycles. The number of para-hydroxylation sites is 1. The van der Waals surface area contributed by atoms with Crippen molar-refractivity contribution in [2.45, 2.75) is 13.5 Å². The van der Waals surface area contributed by atoms with E-state index in [2.05, 4.69) is 21.2 Å². The molecule has 25 heavy (non-hydrogen) atoms. The first-order valence-corrected chi connectivity index (χ1v) is 8.76. The number of amides is 1. The monoisotopic (exact) mass is 395 g/mol. The predicted molar refractivity (Wildman–Crippen MR) is 104 cm³/mol. The Morgan fingerprint density at radius 1 is 1.00 bits per heavy atom. The first-order valence-electron chi connectivity index (χ1n) is 7.97. The van der Waals surface area contributed by atoms with Crippen LogP contribution in [-0.2, 0) is 6.61 Å². The van der Waals surface area contributed by atoms with Crippen molar-refractivity contribution >= 4 is 27.5 Å². The Kier molecular flexibility index (Phi) is 5.51. The summed E-state index contributed by atoms with van der Waals surface area (Å²) in [5, 5.41) is 2.93. The molecule has 1 N–H and O–H groups in total. The lowest BCUT2D eigenvalue weighted by atomic mass is 10.1. The molecule has 0 bridgehead atoms. The van der Waals surface area contributed by atoms with Crippen LogP contribution < -0.4 is 10.1 Å². The molecule has 4 heteroatoms. The van der Waals surface area contributed by atoms with Crippen LogP contribution in [0.2, 0.25) is 0 Å². The van der Waals surface area contributed by atoms with Gasteiger partial charge in [-0.25, -0.2) is 0 Å². The van der Waals surface area contributed by atoms with Gasteiger partial charge in [-0.05, 0) is 48.4 Å². The summed E-state index contributed by atoms with van der Waals surface area (Å²) in [5.41, 5.74) is 3.38. The summed E-state index contributed by atoms with van der Waals surface area (Å²) in [6, 6.07) is 22.9. The number of ether oxygens (including phenoxy) is 1. The Bertz CT molecular complexity index is 878. The molecule has 0 saturated carbocycles. The molecule has 1 amide bonds. The molecule has 3 rings (SSSR count). The topological polar surface area (TPSA) is 38.3 Å².